The summed E-state index contributed by atoms with van der Waals surface area (Å²) in [5, 5.41) is 4.05. The predicted molar refractivity (Wildman–Crippen MR) is 86.6 cm³/mol. The number of carbonyl (C=O) groups is 1. The highest BCUT2D eigenvalue weighted by molar-refractivity contribution is 6.30. The molecule has 2 rings (SSSR count). The molecule has 0 bridgehead atoms. The van der Waals surface area contributed by atoms with Gasteiger partial charge in [-0.25, -0.2) is 0 Å². The minimum atomic E-state index is 0.165. The van der Waals surface area contributed by atoms with E-state index >= 15 is 0 Å². The van der Waals surface area contributed by atoms with Crippen molar-refractivity contribution < 1.29 is 4.79 Å². The molecule has 1 fully saturated rings. The molecule has 1 aliphatic rings. The SMILES string of the molecule is CC(c1cccc(Cl)c1)N(C)CC(=O)N1CCCNCC1. The van der Waals surface area contributed by atoms with Crippen LogP contribution in [-0.2, 0) is 4.79 Å². The Morgan fingerprint density at radius 2 is 2.24 bits per heavy atom. The zero-order valence-electron chi connectivity index (χ0n) is 12.8. The molecular weight excluding hydrogens is 286 g/mol. The van der Waals surface area contributed by atoms with E-state index in [1.165, 1.54) is 0 Å². The van der Waals surface area contributed by atoms with Crippen LogP contribution in [0.5, 0.6) is 0 Å². The third kappa shape index (κ3) is 4.70. The molecule has 4 nitrogen and oxygen atoms in total. The van der Waals surface area contributed by atoms with Crippen LogP contribution in [0.2, 0.25) is 5.02 Å². The molecule has 1 atom stereocenters. The molecule has 0 aromatic heterocycles. The van der Waals surface area contributed by atoms with Gasteiger partial charge in [0.1, 0.15) is 0 Å². The number of halogens is 1. The van der Waals surface area contributed by atoms with E-state index in [0.29, 0.717) is 6.54 Å². The number of amides is 1. The van der Waals surface area contributed by atoms with Gasteiger partial charge in [-0.05, 0) is 44.6 Å². The lowest BCUT2D eigenvalue weighted by Crippen LogP contribution is -2.41. The first-order valence-electron chi connectivity index (χ1n) is 7.52. The van der Waals surface area contributed by atoms with E-state index in [-0.39, 0.29) is 11.9 Å². The van der Waals surface area contributed by atoms with Crippen molar-refractivity contribution in [1.82, 2.24) is 15.1 Å². The monoisotopic (exact) mass is 309 g/mol. The average Bonchev–Trinajstić information content (AvgIpc) is 2.75. The first-order chi connectivity index (χ1) is 10.1. The number of benzene rings is 1. The summed E-state index contributed by atoms with van der Waals surface area (Å²) in [5.74, 6) is 0.204. The third-order valence-electron chi connectivity index (χ3n) is 4.07. The van der Waals surface area contributed by atoms with Crippen LogP contribution in [0.3, 0.4) is 0 Å². The summed E-state index contributed by atoms with van der Waals surface area (Å²) >= 11 is 6.04. The molecule has 5 heteroatoms. The number of likely N-dealkylation sites (N-methyl/N-ethyl adjacent to an activating group) is 1. The Morgan fingerprint density at radius 3 is 3.00 bits per heavy atom. The van der Waals surface area contributed by atoms with Crippen LogP contribution in [0.4, 0.5) is 0 Å². The van der Waals surface area contributed by atoms with Crippen LogP contribution in [0.1, 0.15) is 24.9 Å². The van der Waals surface area contributed by atoms with E-state index in [1.807, 2.05) is 36.2 Å². The lowest BCUT2D eigenvalue weighted by atomic mass is 10.1. The second-order valence-electron chi connectivity index (χ2n) is 5.63. The normalized spacial score (nSPS) is 17.6. The Kier molecular flexibility index (Phi) is 6.03. The van der Waals surface area contributed by atoms with E-state index in [0.717, 1.165) is 43.2 Å². The lowest BCUT2D eigenvalue weighted by Gasteiger charge is -2.28. The minimum Gasteiger partial charge on any atom is -0.340 e. The number of hydrogen-bond acceptors (Lipinski definition) is 3. The molecule has 0 aliphatic carbocycles. The van der Waals surface area contributed by atoms with Gasteiger partial charge >= 0.3 is 0 Å². The summed E-state index contributed by atoms with van der Waals surface area (Å²) in [5.41, 5.74) is 1.13. The van der Waals surface area contributed by atoms with Gasteiger partial charge in [-0.2, -0.15) is 0 Å². The summed E-state index contributed by atoms with van der Waals surface area (Å²) in [6.45, 7) is 6.08. The van der Waals surface area contributed by atoms with E-state index in [2.05, 4.69) is 17.1 Å². The highest BCUT2D eigenvalue weighted by Gasteiger charge is 2.20. The zero-order valence-corrected chi connectivity index (χ0v) is 13.6. The van der Waals surface area contributed by atoms with Crippen molar-refractivity contribution in [3.05, 3.63) is 34.9 Å². The molecule has 1 unspecified atom stereocenters. The smallest absolute Gasteiger partial charge is 0.236 e. The maximum Gasteiger partial charge on any atom is 0.236 e. The van der Waals surface area contributed by atoms with E-state index in [9.17, 15) is 4.79 Å². The first-order valence-corrected chi connectivity index (χ1v) is 7.90. The van der Waals surface area contributed by atoms with Crippen LogP contribution in [0.25, 0.3) is 0 Å². The fourth-order valence-corrected chi connectivity index (χ4v) is 2.77. The van der Waals surface area contributed by atoms with Crippen molar-refractivity contribution in [2.24, 2.45) is 0 Å². The highest BCUT2D eigenvalue weighted by Crippen LogP contribution is 2.21. The topological polar surface area (TPSA) is 35.6 Å². The van der Waals surface area contributed by atoms with Crippen molar-refractivity contribution in [3.63, 3.8) is 0 Å². The van der Waals surface area contributed by atoms with E-state index in [4.69, 9.17) is 11.6 Å². The van der Waals surface area contributed by atoms with Crippen molar-refractivity contribution >= 4 is 17.5 Å². The molecule has 1 heterocycles. The van der Waals surface area contributed by atoms with Gasteiger partial charge < -0.3 is 10.2 Å². The van der Waals surface area contributed by atoms with Crippen molar-refractivity contribution in [2.75, 3.05) is 39.8 Å². The van der Waals surface area contributed by atoms with Crippen LogP contribution in [0.15, 0.2) is 24.3 Å². The molecular formula is C16H24ClN3O. The highest BCUT2D eigenvalue weighted by atomic mass is 35.5. The maximum absolute atomic E-state index is 12.4. The number of nitrogens with zero attached hydrogens (tertiary/aromatic N) is 2. The number of nitrogens with one attached hydrogen (secondary N) is 1. The van der Waals surface area contributed by atoms with Gasteiger partial charge in [-0.15, -0.1) is 0 Å². The molecule has 1 saturated heterocycles. The molecule has 0 spiro atoms. The molecule has 1 aromatic carbocycles. The summed E-state index contributed by atoms with van der Waals surface area (Å²) in [6, 6.07) is 7.99. The fourth-order valence-electron chi connectivity index (χ4n) is 2.57. The van der Waals surface area contributed by atoms with Crippen LogP contribution in [0, 0.1) is 0 Å². The summed E-state index contributed by atoms with van der Waals surface area (Å²) in [6.07, 6.45) is 1.03. The van der Waals surface area contributed by atoms with Crippen LogP contribution in [-0.4, -0.2) is 55.5 Å². The van der Waals surface area contributed by atoms with Gasteiger partial charge in [0.25, 0.3) is 0 Å². The Labute approximate surface area is 132 Å². The third-order valence-corrected chi connectivity index (χ3v) is 4.30. The molecule has 1 aromatic rings. The molecule has 0 saturated carbocycles. The zero-order chi connectivity index (χ0) is 15.2. The van der Waals surface area contributed by atoms with Crippen molar-refractivity contribution in [1.29, 1.82) is 0 Å². The first kappa shape index (κ1) is 16.3. The second-order valence-corrected chi connectivity index (χ2v) is 6.07. The van der Waals surface area contributed by atoms with Gasteiger partial charge in [0.2, 0.25) is 5.91 Å². The largest absolute Gasteiger partial charge is 0.340 e. The van der Waals surface area contributed by atoms with Crippen molar-refractivity contribution in [3.8, 4) is 0 Å². The number of hydrogen-bond donors (Lipinski definition) is 1. The molecule has 116 valence electrons. The molecule has 1 aliphatic heterocycles. The number of rotatable bonds is 4. The Bertz CT molecular complexity index is 472. The molecule has 21 heavy (non-hydrogen) atoms. The minimum absolute atomic E-state index is 0.165. The van der Waals surface area contributed by atoms with Gasteiger partial charge in [-0.3, -0.25) is 9.69 Å². The predicted octanol–water partition coefficient (Wildman–Crippen LogP) is 2.15. The summed E-state index contributed by atoms with van der Waals surface area (Å²) in [4.78, 5) is 16.4. The Morgan fingerprint density at radius 1 is 1.43 bits per heavy atom. The lowest BCUT2D eigenvalue weighted by molar-refractivity contribution is -0.132. The van der Waals surface area contributed by atoms with Gasteiger partial charge in [0.05, 0.1) is 6.54 Å². The van der Waals surface area contributed by atoms with Gasteiger partial charge in [0, 0.05) is 30.7 Å². The van der Waals surface area contributed by atoms with Crippen LogP contribution >= 0.6 is 11.6 Å². The van der Waals surface area contributed by atoms with E-state index < -0.39 is 0 Å². The number of carbonyl (C=O) groups excluding carboxylic acids is 1. The Hall–Kier alpha value is -1.10. The summed E-state index contributed by atoms with van der Waals surface area (Å²) in [7, 11) is 1.99. The maximum atomic E-state index is 12.4. The van der Waals surface area contributed by atoms with Crippen molar-refractivity contribution in [2.45, 2.75) is 19.4 Å². The Balaban J connectivity index is 1.93. The van der Waals surface area contributed by atoms with E-state index in [1.54, 1.807) is 0 Å². The fraction of sp³-hybridized carbons (Fsp3) is 0.562. The molecule has 1 N–H and O–H groups in total. The van der Waals surface area contributed by atoms with Gasteiger partial charge in [0.15, 0.2) is 0 Å². The average molecular weight is 310 g/mol. The summed E-state index contributed by atoms with van der Waals surface area (Å²) < 4.78 is 0. The second kappa shape index (κ2) is 7.78. The molecule has 1 amide bonds. The quantitative estimate of drug-likeness (QED) is 0.926. The van der Waals surface area contributed by atoms with Crippen LogP contribution < -0.4 is 5.32 Å². The molecule has 0 radical (unpaired) electrons. The standard InChI is InChI=1S/C16H24ClN3O/c1-13(14-5-3-6-15(17)11-14)19(2)12-16(21)20-9-4-7-18-8-10-20/h3,5-6,11,13,18H,4,7-10,12H2,1-2H3. The van der Waals surface area contributed by atoms with Gasteiger partial charge in [-0.1, -0.05) is 23.7 Å².